The van der Waals surface area contributed by atoms with E-state index >= 15 is 0 Å². The lowest BCUT2D eigenvalue weighted by Crippen LogP contribution is -2.33. The van der Waals surface area contributed by atoms with E-state index in [-0.39, 0.29) is 18.5 Å². The van der Waals surface area contributed by atoms with E-state index in [0.717, 1.165) is 27.7 Å². The predicted octanol–water partition coefficient (Wildman–Crippen LogP) is 5.90. The maximum absolute atomic E-state index is 13.2. The Morgan fingerprint density at radius 3 is 2.55 bits per heavy atom. The summed E-state index contributed by atoms with van der Waals surface area (Å²) in [5.74, 6) is 0.571. The number of thiophene rings is 1. The number of rotatable bonds is 8. The number of hydrogen-bond acceptors (Lipinski definition) is 7. The molecule has 4 heterocycles. The number of para-hydroxylation sites is 3. The van der Waals surface area contributed by atoms with Crippen LogP contribution in [0.2, 0.25) is 0 Å². The third kappa shape index (κ3) is 5.03. The van der Waals surface area contributed by atoms with Gasteiger partial charge < -0.3 is 18.8 Å². The van der Waals surface area contributed by atoms with Gasteiger partial charge in [0.2, 0.25) is 5.78 Å². The number of hydrogen-bond donors (Lipinski definition) is 0. The van der Waals surface area contributed by atoms with Crippen LogP contribution in [0.3, 0.4) is 0 Å². The number of ether oxygens (including phenoxy) is 3. The minimum atomic E-state index is -0.598. The van der Waals surface area contributed by atoms with Crippen LogP contribution in [0.25, 0.3) is 16.3 Å². The first-order chi connectivity index (χ1) is 19.5. The van der Waals surface area contributed by atoms with Crippen LogP contribution in [0.5, 0.6) is 11.5 Å². The van der Waals surface area contributed by atoms with Gasteiger partial charge in [-0.1, -0.05) is 36.4 Å². The van der Waals surface area contributed by atoms with E-state index < -0.39 is 5.97 Å². The first kappa shape index (κ1) is 25.6. The number of nitrogens with zero attached hydrogens (tertiary/aromatic N) is 3. The molecule has 0 aliphatic carbocycles. The third-order valence-electron chi connectivity index (χ3n) is 6.87. The highest BCUT2D eigenvalue weighted by Crippen LogP contribution is 2.32. The van der Waals surface area contributed by atoms with Crippen molar-refractivity contribution < 1.29 is 23.8 Å². The summed E-state index contributed by atoms with van der Waals surface area (Å²) < 4.78 is 21.2. The van der Waals surface area contributed by atoms with Gasteiger partial charge in [-0.05, 0) is 55.6 Å². The lowest BCUT2D eigenvalue weighted by Gasteiger charge is -2.27. The molecule has 8 nitrogen and oxygen atoms in total. The Morgan fingerprint density at radius 2 is 1.77 bits per heavy atom. The lowest BCUT2D eigenvalue weighted by molar-refractivity contribution is 0.0475. The fourth-order valence-corrected chi connectivity index (χ4v) is 5.56. The average Bonchev–Trinajstić information content (AvgIpc) is 3.73. The van der Waals surface area contributed by atoms with E-state index in [1.165, 1.54) is 11.3 Å². The SMILES string of the molecule is Cc1cc(C(=O)COC(=O)c2cn(-c3ccccc3)nc2-c2cccs2)c(C)n1CC1COc2ccccc2O1. The molecule has 1 unspecified atom stereocenters. The molecule has 2 aromatic carbocycles. The summed E-state index contributed by atoms with van der Waals surface area (Å²) >= 11 is 1.48. The molecule has 1 aliphatic heterocycles. The molecule has 5 aromatic rings. The highest BCUT2D eigenvalue weighted by Gasteiger charge is 2.25. The average molecular weight is 554 g/mol. The molecule has 1 atom stereocenters. The predicted molar refractivity (Wildman–Crippen MR) is 152 cm³/mol. The van der Waals surface area contributed by atoms with Crippen LogP contribution in [0.15, 0.2) is 84.4 Å². The Labute approximate surface area is 235 Å². The Kier molecular flexibility index (Phi) is 6.96. The molecule has 40 heavy (non-hydrogen) atoms. The Balaban J connectivity index is 1.16. The summed E-state index contributed by atoms with van der Waals surface area (Å²) in [6.45, 7) is 4.40. The summed E-state index contributed by atoms with van der Waals surface area (Å²) in [6, 6.07) is 22.7. The van der Waals surface area contributed by atoms with Crippen LogP contribution in [0.1, 0.15) is 32.1 Å². The number of fused-ring (bicyclic) bond motifs is 1. The molecule has 0 saturated carbocycles. The Hall–Kier alpha value is -4.63. The number of Topliss-reactive ketones (excluding diaryl/α,β-unsaturated/α-hetero) is 1. The molecular formula is C31H27N3O5S. The zero-order valence-electron chi connectivity index (χ0n) is 22.1. The van der Waals surface area contributed by atoms with Gasteiger partial charge in [0, 0.05) is 23.1 Å². The van der Waals surface area contributed by atoms with E-state index in [0.29, 0.717) is 35.7 Å². The molecule has 0 bridgehead atoms. The summed E-state index contributed by atoms with van der Waals surface area (Å²) in [5, 5.41) is 6.57. The van der Waals surface area contributed by atoms with E-state index in [1.807, 2.05) is 96.6 Å². The number of carbonyl (C=O) groups is 2. The minimum Gasteiger partial charge on any atom is -0.486 e. The second kappa shape index (κ2) is 10.9. The third-order valence-corrected chi connectivity index (χ3v) is 7.75. The molecule has 6 rings (SSSR count). The monoisotopic (exact) mass is 553 g/mol. The first-order valence-electron chi connectivity index (χ1n) is 12.9. The van der Waals surface area contributed by atoms with Crippen molar-refractivity contribution in [3.63, 3.8) is 0 Å². The van der Waals surface area contributed by atoms with Crippen molar-refractivity contribution in [1.29, 1.82) is 0 Å². The summed E-state index contributed by atoms with van der Waals surface area (Å²) in [6.07, 6.45) is 1.45. The summed E-state index contributed by atoms with van der Waals surface area (Å²) in [4.78, 5) is 27.2. The summed E-state index contributed by atoms with van der Waals surface area (Å²) in [5.41, 5.74) is 3.86. The highest BCUT2D eigenvalue weighted by molar-refractivity contribution is 7.13. The number of ketones is 1. The van der Waals surface area contributed by atoms with Crippen LogP contribution in [0.4, 0.5) is 0 Å². The molecule has 0 saturated heterocycles. The van der Waals surface area contributed by atoms with Crippen LogP contribution < -0.4 is 9.47 Å². The van der Waals surface area contributed by atoms with Gasteiger partial charge in [0.05, 0.1) is 17.1 Å². The van der Waals surface area contributed by atoms with Gasteiger partial charge in [-0.3, -0.25) is 4.79 Å². The Morgan fingerprint density at radius 1 is 1.00 bits per heavy atom. The summed E-state index contributed by atoms with van der Waals surface area (Å²) in [7, 11) is 0. The quantitative estimate of drug-likeness (QED) is 0.176. The van der Waals surface area contributed by atoms with Crippen molar-refractivity contribution in [1.82, 2.24) is 14.3 Å². The van der Waals surface area contributed by atoms with Gasteiger partial charge >= 0.3 is 5.97 Å². The molecular weight excluding hydrogens is 526 g/mol. The fraction of sp³-hybridized carbons (Fsp3) is 0.194. The zero-order chi connectivity index (χ0) is 27.6. The molecule has 0 spiro atoms. The number of esters is 1. The second-order valence-electron chi connectivity index (χ2n) is 9.54. The maximum Gasteiger partial charge on any atom is 0.342 e. The van der Waals surface area contributed by atoms with Gasteiger partial charge in [0.1, 0.15) is 17.9 Å². The van der Waals surface area contributed by atoms with Crippen LogP contribution in [-0.2, 0) is 11.3 Å². The second-order valence-corrected chi connectivity index (χ2v) is 10.5. The number of aromatic nitrogens is 3. The number of aryl methyl sites for hydroxylation is 1. The molecule has 1 aliphatic rings. The van der Waals surface area contributed by atoms with Crippen molar-refractivity contribution in [2.75, 3.05) is 13.2 Å². The van der Waals surface area contributed by atoms with Crippen LogP contribution >= 0.6 is 11.3 Å². The molecule has 0 radical (unpaired) electrons. The fourth-order valence-electron chi connectivity index (χ4n) is 4.84. The molecule has 0 fully saturated rings. The van der Waals surface area contributed by atoms with Crippen LogP contribution in [0, 0.1) is 13.8 Å². The largest absolute Gasteiger partial charge is 0.486 e. The first-order valence-corrected chi connectivity index (χ1v) is 13.8. The minimum absolute atomic E-state index is 0.197. The van der Waals surface area contributed by atoms with Crippen molar-refractivity contribution >= 4 is 23.1 Å². The molecule has 202 valence electrons. The molecule has 9 heteroatoms. The smallest absolute Gasteiger partial charge is 0.342 e. The number of benzene rings is 2. The highest BCUT2D eigenvalue weighted by atomic mass is 32.1. The van der Waals surface area contributed by atoms with Crippen molar-refractivity contribution in [2.24, 2.45) is 0 Å². The van der Waals surface area contributed by atoms with E-state index in [9.17, 15) is 9.59 Å². The van der Waals surface area contributed by atoms with E-state index in [4.69, 9.17) is 14.2 Å². The lowest BCUT2D eigenvalue weighted by atomic mass is 10.1. The topological polar surface area (TPSA) is 84.6 Å². The van der Waals surface area contributed by atoms with Crippen molar-refractivity contribution in [3.05, 3.63) is 107 Å². The maximum atomic E-state index is 13.2. The Bertz CT molecular complexity index is 1670. The van der Waals surface area contributed by atoms with Gasteiger partial charge in [0.15, 0.2) is 24.2 Å². The molecule has 0 N–H and O–H groups in total. The number of carbonyl (C=O) groups excluding carboxylic acids is 2. The van der Waals surface area contributed by atoms with Gasteiger partial charge in [0.25, 0.3) is 0 Å². The van der Waals surface area contributed by atoms with Gasteiger partial charge in [-0.2, -0.15) is 5.10 Å². The van der Waals surface area contributed by atoms with Gasteiger partial charge in [-0.25, -0.2) is 9.48 Å². The standard InChI is InChI=1S/C31H27N3O5S/c1-20-15-24(21(2)33(20)16-23-18-37-27-11-6-7-12-28(27)39-23)26(35)19-38-31(36)25-17-34(22-9-4-3-5-10-22)32-30(25)29-13-8-14-40-29/h3-15,17,23H,16,18-19H2,1-2H3. The van der Waals surface area contributed by atoms with Crippen molar-refractivity contribution in [3.8, 4) is 27.8 Å². The van der Waals surface area contributed by atoms with Crippen LogP contribution in [-0.4, -0.2) is 45.4 Å². The zero-order valence-corrected chi connectivity index (χ0v) is 22.9. The van der Waals surface area contributed by atoms with E-state index in [2.05, 4.69) is 5.10 Å². The molecule has 3 aromatic heterocycles. The normalized spacial score (nSPS) is 14.2. The van der Waals surface area contributed by atoms with E-state index in [1.54, 1.807) is 10.9 Å². The van der Waals surface area contributed by atoms with Crippen molar-refractivity contribution in [2.45, 2.75) is 26.5 Å². The van der Waals surface area contributed by atoms with Gasteiger partial charge in [-0.15, -0.1) is 11.3 Å². The molecule has 0 amide bonds.